The largest absolute Gasteiger partial charge is 0.468 e. The van der Waals surface area contributed by atoms with Gasteiger partial charge in [-0.2, -0.15) is 9.97 Å². The summed E-state index contributed by atoms with van der Waals surface area (Å²) in [6.45, 7) is 11.0. The number of anilines is 1. The lowest BCUT2D eigenvalue weighted by Crippen LogP contribution is -2.43. The van der Waals surface area contributed by atoms with Crippen molar-refractivity contribution in [2.45, 2.75) is 108 Å². The third kappa shape index (κ3) is 7.03. The SMILES string of the molecule is [2H]C([2H])(Oc1nc(N(C)C2C[C@@H]2F)c2cnc(-c3cc(OCOC)cc4ccc(F)c(C#C[Si](C(C)C)(C(C)C)C(C)C)c34)c(F)c2n1)C12CCCN1CC(F)C2. The molecule has 4 heterocycles. The van der Waals surface area contributed by atoms with Gasteiger partial charge >= 0.3 is 6.01 Å². The van der Waals surface area contributed by atoms with Gasteiger partial charge in [0.25, 0.3) is 0 Å². The Balaban J connectivity index is 1.45. The zero-order chi connectivity index (χ0) is 41.2. The van der Waals surface area contributed by atoms with Crippen molar-refractivity contribution in [1.82, 2.24) is 19.9 Å². The number of hydrogen-bond acceptors (Lipinski definition) is 8. The maximum Gasteiger partial charge on any atom is 0.319 e. The Morgan fingerprint density at radius 2 is 1.80 bits per heavy atom. The van der Waals surface area contributed by atoms with Crippen LogP contribution in [0.5, 0.6) is 11.8 Å². The van der Waals surface area contributed by atoms with Gasteiger partial charge in [0.05, 0.1) is 25.3 Å². The molecule has 3 fully saturated rings. The van der Waals surface area contributed by atoms with E-state index in [-0.39, 0.29) is 76.3 Å². The van der Waals surface area contributed by atoms with Crippen molar-refractivity contribution in [3.05, 3.63) is 47.7 Å². The number of nitrogens with zero attached hydrogens (tertiary/aromatic N) is 5. The Bertz CT molecular complexity index is 2230. The third-order valence-corrected chi connectivity index (χ3v) is 18.3. The fourth-order valence-corrected chi connectivity index (χ4v) is 14.4. The van der Waals surface area contributed by atoms with Crippen LogP contribution < -0.4 is 14.4 Å². The number of benzene rings is 2. The summed E-state index contributed by atoms with van der Waals surface area (Å²) in [7, 11) is 0.745. The summed E-state index contributed by atoms with van der Waals surface area (Å²) in [4.78, 5) is 16.9. The fraction of sp³-hybridized carbons (Fsp3) is 0.548. The number of aromatic nitrogens is 3. The van der Waals surface area contributed by atoms with Gasteiger partial charge in [-0.1, -0.05) is 53.5 Å². The van der Waals surface area contributed by atoms with Crippen LogP contribution in [-0.2, 0) is 4.74 Å². The Hall–Kier alpha value is -3.99. The molecule has 0 N–H and O–H groups in total. The number of methoxy groups -OCH3 is 1. The van der Waals surface area contributed by atoms with Crippen molar-refractivity contribution in [3.8, 4) is 34.5 Å². The summed E-state index contributed by atoms with van der Waals surface area (Å²) in [6, 6.07) is 5.16. The molecule has 2 saturated heterocycles. The number of pyridine rings is 1. The summed E-state index contributed by atoms with van der Waals surface area (Å²) in [6.07, 6.45) is 0.187. The molecule has 55 heavy (non-hydrogen) atoms. The van der Waals surface area contributed by atoms with Crippen LogP contribution in [-0.4, -0.2) is 92.4 Å². The molecule has 1 saturated carbocycles. The number of halogens is 4. The van der Waals surface area contributed by atoms with Gasteiger partial charge in [-0.3, -0.25) is 9.88 Å². The standard InChI is InChI=1S/C42H51F4N5O3Si/c1-24(2)55(25(3)4,26(5)6)15-12-30-33(44)11-10-27-16-29(54-23-52-8)17-31(36(27)30)38-37(46)39-32(20-47-38)40(50(7)35-18-34(35)45)49-41(48-39)53-22-42-13-9-14-51(42)21-28(43)19-42/h10-11,16-17,20,24-26,28,34-35H,9,13-14,18-19,21-23H2,1-8H3/t28?,34-,35?,42?/m0/s1/i22D2. The van der Waals surface area contributed by atoms with E-state index in [4.69, 9.17) is 17.0 Å². The van der Waals surface area contributed by atoms with Crippen LogP contribution in [0.1, 0.15) is 75.5 Å². The average molecular weight is 780 g/mol. The van der Waals surface area contributed by atoms with Crippen LogP contribution >= 0.6 is 0 Å². The second-order valence-corrected chi connectivity index (χ2v) is 21.8. The van der Waals surface area contributed by atoms with Crippen molar-refractivity contribution in [3.63, 3.8) is 0 Å². The summed E-state index contributed by atoms with van der Waals surface area (Å²) in [5.74, 6) is 2.18. The highest BCUT2D eigenvalue weighted by Gasteiger charge is 2.49. The van der Waals surface area contributed by atoms with Crippen molar-refractivity contribution >= 4 is 35.6 Å². The Kier molecular flexibility index (Phi) is 10.1. The average Bonchev–Trinajstić information content (AvgIpc) is 3.59. The first-order chi connectivity index (χ1) is 27.0. The molecule has 2 aromatic carbocycles. The van der Waals surface area contributed by atoms with Crippen LogP contribution in [0.15, 0.2) is 30.5 Å². The molecular weight excluding hydrogens is 727 g/mol. The molecule has 3 unspecified atom stereocenters. The van der Waals surface area contributed by atoms with E-state index in [2.05, 4.69) is 68.0 Å². The number of ether oxygens (including phenoxy) is 3. The Morgan fingerprint density at radius 3 is 2.47 bits per heavy atom. The highest BCUT2D eigenvalue weighted by molar-refractivity contribution is 6.90. The van der Waals surface area contributed by atoms with E-state index in [0.29, 0.717) is 35.9 Å². The maximum absolute atomic E-state index is 17.5. The molecule has 294 valence electrons. The number of rotatable bonds is 12. The van der Waals surface area contributed by atoms with Gasteiger partial charge in [0.1, 0.15) is 55.6 Å². The minimum Gasteiger partial charge on any atom is -0.468 e. The Morgan fingerprint density at radius 1 is 1.07 bits per heavy atom. The van der Waals surface area contributed by atoms with Crippen LogP contribution in [0, 0.1) is 23.1 Å². The first-order valence-corrected chi connectivity index (χ1v) is 21.4. The van der Waals surface area contributed by atoms with E-state index in [1.165, 1.54) is 19.4 Å². The molecule has 13 heteroatoms. The zero-order valence-electron chi connectivity index (χ0n) is 34.8. The quantitative estimate of drug-likeness (QED) is 0.0611. The van der Waals surface area contributed by atoms with Crippen molar-refractivity contribution in [1.29, 1.82) is 0 Å². The van der Waals surface area contributed by atoms with Crippen LogP contribution in [0.25, 0.3) is 32.9 Å². The van der Waals surface area contributed by atoms with Gasteiger partial charge in [-0.25, -0.2) is 17.6 Å². The summed E-state index contributed by atoms with van der Waals surface area (Å²) < 4.78 is 98.0. The maximum atomic E-state index is 17.5. The van der Waals surface area contributed by atoms with E-state index >= 15 is 8.78 Å². The lowest BCUT2D eigenvalue weighted by molar-refractivity contribution is 0.0512. The van der Waals surface area contributed by atoms with Gasteiger partial charge in [0, 0.05) is 50.7 Å². The van der Waals surface area contributed by atoms with Crippen LogP contribution in [0.2, 0.25) is 16.6 Å². The Labute approximate surface area is 324 Å². The second-order valence-electron chi connectivity index (χ2n) is 16.2. The molecule has 4 aromatic rings. The van der Waals surface area contributed by atoms with Crippen LogP contribution in [0.3, 0.4) is 0 Å². The first kappa shape index (κ1) is 36.6. The molecule has 8 nitrogen and oxygen atoms in total. The molecule has 2 aromatic heterocycles. The van der Waals surface area contributed by atoms with Crippen LogP contribution in [0.4, 0.5) is 23.4 Å². The molecule has 0 radical (unpaired) electrons. The van der Waals surface area contributed by atoms with Gasteiger partial charge in [0.15, 0.2) is 12.6 Å². The summed E-state index contributed by atoms with van der Waals surface area (Å²) in [5.41, 5.74) is 3.01. The number of hydrogen-bond donors (Lipinski definition) is 0. The fourth-order valence-electron chi connectivity index (χ4n) is 9.17. The highest BCUT2D eigenvalue weighted by atomic mass is 28.3. The molecule has 1 aliphatic carbocycles. The highest BCUT2D eigenvalue weighted by Crippen LogP contribution is 2.44. The predicted octanol–water partition coefficient (Wildman–Crippen LogP) is 9.18. The smallest absolute Gasteiger partial charge is 0.319 e. The predicted molar refractivity (Wildman–Crippen MR) is 211 cm³/mol. The third-order valence-electron chi connectivity index (χ3n) is 12.0. The van der Waals surface area contributed by atoms with E-state index in [1.54, 1.807) is 35.0 Å². The minimum absolute atomic E-state index is 0.0696. The molecule has 0 bridgehead atoms. The summed E-state index contributed by atoms with van der Waals surface area (Å²) in [5, 5.41) is 1.000. The molecule has 2 aliphatic heterocycles. The van der Waals surface area contributed by atoms with Gasteiger partial charge in [-0.15, -0.1) is 5.54 Å². The van der Waals surface area contributed by atoms with E-state index in [1.807, 2.05) is 0 Å². The molecule has 3 aliphatic rings. The molecule has 0 spiro atoms. The lowest BCUT2D eigenvalue weighted by atomic mass is 9.95. The van der Waals surface area contributed by atoms with Gasteiger partial charge in [-0.05, 0) is 59.6 Å². The first-order valence-electron chi connectivity index (χ1n) is 20.2. The molecule has 4 atom stereocenters. The number of fused-ring (bicyclic) bond motifs is 3. The zero-order valence-corrected chi connectivity index (χ0v) is 33.8. The van der Waals surface area contributed by atoms with Crippen molar-refractivity contribution in [2.24, 2.45) is 0 Å². The molecule has 0 amide bonds. The monoisotopic (exact) mass is 779 g/mol. The summed E-state index contributed by atoms with van der Waals surface area (Å²) >= 11 is 0. The molecular formula is C42H51F4N5O3Si. The molecule has 7 rings (SSSR count). The van der Waals surface area contributed by atoms with Gasteiger partial charge in [0.2, 0.25) is 0 Å². The lowest BCUT2D eigenvalue weighted by Gasteiger charge is -2.38. The van der Waals surface area contributed by atoms with Crippen molar-refractivity contribution in [2.75, 3.05) is 45.5 Å². The second kappa shape index (κ2) is 15.2. The van der Waals surface area contributed by atoms with E-state index < -0.39 is 56.2 Å². The van der Waals surface area contributed by atoms with Gasteiger partial charge < -0.3 is 19.1 Å². The van der Waals surface area contributed by atoms with Crippen molar-refractivity contribution < 1.29 is 34.5 Å². The normalized spacial score (nSPS) is 23.3. The van der Waals surface area contributed by atoms with E-state index in [9.17, 15) is 8.78 Å². The van der Waals surface area contributed by atoms with E-state index in [0.717, 1.165) is 0 Å². The number of alkyl halides is 2. The topological polar surface area (TPSA) is 72.8 Å². The minimum atomic E-state index is -2.46.